The van der Waals surface area contributed by atoms with Gasteiger partial charge in [-0.15, -0.1) is 0 Å². The fraction of sp³-hybridized carbons (Fsp3) is 0.375. The molecule has 3 aromatic heterocycles. The summed E-state index contributed by atoms with van der Waals surface area (Å²) in [5, 5.41) is 8.06. The second-order valence-electron chi connectivity index (χ2n) is 14.0. The highest BCUT2D eigenvalue weighted by Gasteiger charge is 2.26. The number of para-hydroxylation sites is 3. The standard InChI is InChI=1S/C40H48N6O/c1-41(2)22-13-25-44-31-19-10-7-16-28(31)34-35-29-17-8-11-20-32(29)45(26-14-23-42(3)4)39(35)37-36(38(34)44)30-18-9-12-21-33(30)46(40(37)47)27-15-24-43(5)6/h7-12,16-21H,13-15,22-27H2,1-6H3. The maximum Gasteiger partial charge on any atom is 0.261 e. The minimum atomic E-state index is 0.117. The van der Waals surface area contributed by atoms with Gasteiger partial charge in [-0.3, -0.25) is 4.79 Å². The first-order valence-electron chi connectivity index (χ1n) is 17.1. The number of pyridine rings is 1. The van der Waals surface area contributed by atoms with E-state index in [1.54, 1.807) is 0 Å². The van der Waals surface area contributed by atoms with Crippen LogP contribution in [0.15, 0.2) is 77.6 Å². The zero-order chi connectivity index (χ0) is 32.8. The van der Waals surface area contributed by atoms with Crippen molar-refractivity contribution in [2.75, 3.05) is 61.9 Å². The van der Waals surface area contributed by atoms with Gasteiger partial charge in [0.25, 0.3) is 5.56 Å². The number of fused-ring (bicyclic) bond motifs is 12. The maximum atomic E-state index is 15.2. The van der Waals surface area contributed by atoms with Gasteiger partial charge in [-0.05, 0) is 99.4 Å². The van der Waals surface area contributed by atoms with Crippen molar-refractivity contribution in [1.82, 2.24) is 28.4 Å². The third-order valence-electron chi connectivity index (χ3n) is 9.80. The second kappa shape index (κ2) is 12.8. The van der Waals surface area contributed by atoms with Gasteiger partial charge in [0.15, 0.2) is 0 Å². The van der Waals surface area contributed by atoms with Crippen LogP contribution in [0.3, 0.4) is 0 Å². The maximum absolute atomic E-state index is 15.2. The predicted molar refractivity (Wildman–Crippen MR) is 201 cm³/mol. The summed E-state index contributed by atoms with van der Waals surface area (Å²) in [6.07, 6.45) is 2.92. The highest BCUT2D eigenvalue weighted by atomic mass is 16.1. The van der Waals surface area contributed by atoms with Crippen molar-refractivity contribution in [3.63, 3.8) is 0 Å². The van der Waals surface area contributed by atoms with Crippen LogP contribution < -0.4 is 5.56 Å². The van der Waals surface area contributed by atoms with Crippen molar-refractivity contribution >= 4 is 65.3 Å². The fourth-order valence-corrected chi connectivity index (χ4v) is 7.83. The molecule has 0 amide bonds. The predicted octanol–water partition coefficient (Wildman–Crippen LogP) is 7.23. The van der Waals surface area contributed by atoms with Crippen LogP contribution in [0.1, 0.15) is 19.3 Å². The molecule has 0 aliphatic rings. The molecule has 0 aliphatic heterocycles. The summed E-state index contributed by atoms with van der Waals surface area (Å²) < 4.78 is 7.05. The number of benzene rings is 4. The molecule has 0 bridgehead atoms. The first-order chi connectivity index (χ1) is 22.8. The van der Waals surface area contributed by atoms with E-state index < -0.39 is 0 Å². The second-order valence-corrected chi connectivity index (χ2v) is 14.0. The molecule has 0 spiro atoms. The lowest BCUT2D eigenvalue weighted by molar-refractivity contribution is 0.387. The molecular formula is C40H48N6O. The molecule has 0 unspecified atom stereocenters. The molecular weight excluding hydrogens is 580 g/mol. The van der Waals surface area contributed by atoms with Gasteiger partial charge in [0, 0.05) is 63.0 Å². The fourth-order valence-electron chi connectivity index (χ4n) is 7.83. The summed E-state index contributed by atoms with van der Waals surface area (Å²) >= 11 is 0. The largest absolute Gasteiger partial charge is 0.340 e. The zero-order valence-corrected chi connectivity index (χ0v) is 28.9. The third-order valence-corrected chi connectivity index (χ3v) is 9.80. The van der Waals surface area contributed by atoms with E-state index in [1.807, 2.05) is 0 Å². The molecule has 0 radical (unpaired) electrons. The summed E-state index contributed by atoms with van der Waals surface area (Å²) in [5.41, 5.74) is 5.85. The molecule has 0 N–H and O–H groups in total. The highest BCUT2D eigenvalue weighted by molar-refractivity contribution is 6.39. The molecule has 7 heteroatoms. The number of rotatable bonds is 12. The van der Waals surface area contributed by atoms with Gasteiger partial charge >= 0.3 is 0 Å². The van der Waals surface area contributed by atoms with E-state index in [1.165, 1.54) is 38.1 Å². The Hall–Kier alpha value is -4.17. The molecule has 7 nitrogen and oxygen atoms in total. The topological polar surface area (TPSA) is 41.6 Å². The van der Waals surface area contributed by atoms with Gasteiger partial charge in [0.05, 0.1) is 21.9 Å². The minimum Gasteiger partial charge on any atom is -0.340 e. The van der Waals surface area contributed by atoms with E-state index in [4.69, 9.17) is 0 Å². The van der Waals surface area contributed by atoms with Crippen LogP contribution in [0.2, 0.25) is 0 Å². The molecule has 0 saturated heterocycles. The van der Waals surface area contributed by atoms with Crippen molar-refractivity contribution in [3.8, 4) is 0 Å². The van der Waals surface area contributed by atoms with Crippen molar-refractivity contribution in [2.45, 2.75) is 38.9 Å². The van der Waals surface area contributed by atoms with Crippen LogP contribution in [0, 0.1) is 0 Å². The van der Waals surface area contributed by atoms with E-state index in [-0.39, 0.29) is 5.56 Å². The molecule has 7 aromatic rings. The Morgan fingerprint density at radius 2 is 0.766 bits per heavy atom. The van der Waals surface area contributed by atoms with E-state index in [0.29, 0.717) is 6.54 Å². The SMILES string of the molecule is CN(C)CCCn1c(=O)c2c(c3ccccc31)c1c(c3ccccc3n1CCCN(C)C)c1c3ccccc3n(CCCN(C)C)c21. The molecule has 0 aliphatic carbocycles. The summed E-state index contributed by atoms with van der Waals surface area (Å²) in [7, 11) is 12.7. The Morgan fingerprint density at radius 3 is 1.17 bits per heavy atom. The lowest BCUT2D eigenvalue weighted by atomic mass is 9.97. The van der Waals surface area contributed by atoms with Crippen LogP contribution >= 0.6 is 0 Å². The van der Waals surface area contributed by atoms with Crippen molar-refractivity contribution in [1.29, 1.82) is 0 Å². The van der Waals surface area contributed by atoms with E-state index in [0.717, 1.165) is 79.2 Å². The highest BCUT2D eigenvalue weighted by Crippen LogP contribution is 2.46. The van der Waals surface area contributed by atoms with E-state index in [9.17, 15) is 0 Å². The number of hydrogen-bond acceptors (Lipinski definition) is 4. The number of aryl methyl sites for hydroxylation is 3. The minimum absolute atomic E-state index is 0.117. The van der Waals surface area contributed by atoms with Crippen LogP contribution in [0.5, 0.6) is 0 Å². The molecule has 47 heavy (non-hydrogen) atoms. The average Bonchev–Trinajstić information content (AvgIpc) is 3.55. The van der Waals surface area contributed by atoms with Gasteiger partial charge in [-0.25, -0.2) is 0 Å². The first-order valence-corrected chi connectivity index (χ1v) is 17.1. The Labute approximate surface area is 277 Å². The van der Waals surface area contributed by atoms with Crippen molar-refractivity contribution in [2.24, 2.45) is 0 Å². The lowest BCUT2D eigenvalue weighted by Crippen LogP contribution is -2.24. The number of hydrogen-bond donors (Lipinski definition) is 0. The van der Waals surface area contributed by atoms with Crippen molar-refractivity contribution < 1.29 is 0 Å². The molecule has 0 atom stereocenters. The molecule has 4 aromatic carbocycles. The Bertz CT molecular complexity index is 2300. The van der Waals surface area contributed by atoms with Gasteiger partial charge in [-0.1, -0.05) is 54.6 Å². The van der Waals surface area contributed by atoms with Crippen molar-refractivity contribution in [3.05, 3.63) is 83.2 Å². The Morgan fingerprint density at radius 1 is 0.447 bits per heavy atom. The monoisotopic (exact) mass is 628 g/mol. The summed E-state index contributed by atoms with van der Waals surface area (Å²) in [5.74, 6) is 0. The van der Waals surface area contributed by atoms with Crippen LogP contribution in [-0.4, -0.2) is 90.3 Å². The van der Waals surface area contributed by atoms with Gasteiger partial charge < -0.3 is 28.4 Å². The van der Waals surface area contributed by atoms with E-state index >= 15 is 4.79 Å². The summed E-state index contributed by atoms with van der Waals surface area (Å²) in [4.78, 5) is 21.9. The van der Waals surface area contributed by atoms with E-state index in [2.05, 4.69) is 143 Å². The van der Waals surface area contributed by atoms with Gasteiger partial charge in [0.1, 0.15) is 0 Å². The molecule has 0 fully saturated rings. The van der Waals surface area contributed by atoms with Crippen LogP contribution in [0.25, 0.3) is 65.3 Å². The quantitative estimate of drug-likeness (QED) is 0.134. The molecule has 3 heterocycles. The van der Waals surface area contributed by atoms with Crippen LogP contribution in [0.4, 0.5) is 0 Å². The summed E-state index contributed by atoms with van der Waals surface area (Å²) in [6, 6.07) is 26.3. The first kappa shape index (κ1) is 31.4. The van der Waals surface area contributed by atoms with Gasteiger partial charge in [0.2, 0.25) is 0 Å². The normalized spacial score (nSPS) is 12.6. The van der Waals surface area contributed by atoms with Crippen LogP contribution in [-0.2, 0) is 19.6 Å². The molecule has 7 rings (SSSR count). The average molecular weight is 629 g/mol. The Kier molecular flexibility index (Phi) is 8.56. The Balaban J connectivity index is 1.72. The van der Waals surface area contributed by atoms with Gasteiger partial charge in [-0.2, -0.15) is 0 Å². The lowest BCUT2D eigenvalue weighted by Gasteiger charge is -2.19. The third kappa shape index (κ3) is 5.40. The smallest absolute Gasteiger partial charge is 0.261 e. The molecule has 244 valence electrons. The number of aromatic nitrogens is 3. The molecule has 0 saturated carbocycles. The number of nitrogens with zero attached hydrogens (tertiary/aromatic N) is 6. The summed E-state index contributed by atoms with van der Waals surface area (Å²) in [6.45, 7) is 5.31. The zero-order valence-electron chi connectivity index (χ0n) is 28.9.